The third-order valence-electron chi connectivity index (χ3n) is 1.43. The van der Waals surface area contributed by atoms with Crippen LogP contribution in [0.4, 0.5) is 0 Å². The lowest BCUT2D eigenvalue weighted by Crippen LogP contribution is -1.93. The van der Waals surface area contributed by atoms with Gasteiger partial charge in [0.1, 0.15) is 16.7 Å². The van der Waals surface area contributed by atoms with E-state index >= 15 is 0 Å². The molecule has 1 rings (SSSR count). The molecule has 0 saturated heterocycles. The van der Waals surface area contributed by atoms with Crippen LogP contribution in [0.2, 0.25) is 0 Å². The van der Waals surface area contributed by atoms with E-state index in [-0.39, 0.29) is 14.9 Å². The molecular weight excluding hydrogens is 294 g/mol. The lowest BCUT2D eigenvalue weighted by Gasteiger charge is -2.02. The summed E-state index contributed by atoms with van der Waals surface area (Å²) in [6, 6.07) is 3.80. The maximum absolute atomic E-state index is 10.9. The Morgan fingerprint density at radius 2 is 2.07 bits per heavy atom. The van der Waals surface area contributed by atoms with Crippen molar-refractivity contribution in [1.29, 1.82) is 5.26 Å². The first kappa shape index (κ1) is 11.3. The number of aromatic hydroxyl groups is 1. The number of nitriles is 1. The number of phenols is 1. The first-order valence-electron chi connectivity index (χ1n) is 3.23. The number of phenolic OH excluding ortho intramolecular Hbond substituents is 1. The van der Waals surface area contributed by atoms with Gasteiger partial charge in [0.2, 0.25) is 0 Å². The van der Waals surface area contributed by atoms with Gasteiger partial charge in [-0.05, 0) is 22.0 Å². The van der Waals surface area contributed by atoms with Crippen LogP contribution in [0.15, 0.2) is 21.5 Å². The molecule has 0 aliphatic carbocycles. The van der Waals surface area contributed by atoms with Gasteiger partial charge in [-0.2, -0.15) is 5.26 Å². The minimum atomic E-state index is -3.93. The van der Waals surface area contributed by atoms with Crippen LogP contribution in [0.1, 0.15) is 5.56 Å². The summed E-state index contributed by atoms with van der Waals surface area (Å²) in [6.07, 6.45) is 0. The zero-order valence-electron chi connectivity index (χ0n) is 6.53. The van der Waals surface area contributed by atoms with Crippen molar-refractivity contribution in [3.05, 3.63) is 22.2 Å². The Bertz CT molecular complexity index is 520. The summed E-state index contributed by atoms with van der Waals surface area (Å²) >= 11 is 2.93. The van der Waals surface area contributed by atoms with E-state index in [9.17, 15) is 13.5 Å². The Morgan fingerprint density at radius 3 is 2.50 bits per heavy atom. The number of halogens is 2. The number of nitrogens with zero attached hydrogens (tertiary/aromatic N) is 1. The van der Waals surface area contributed by atoms with Crippen LogP contribution in [-0.2, 0) is 9.05 Å². The molecule has 0 bridgehead atoms. The molecule has 0 heterocycles. The van der Waals surface area contributed by atoms with E-state index in [0.29, 0.717) is 0 Å². The highest BCUT2D eigenvalue weighted by Crippen LogP contribution is 2.31. The topological polar surface area (TPSA) is 78.2 Å². The molecule has 7 heteroatoms. The summed E-state index contributed by atoms with van der Waals surface area (Å²) < 4.78 is 22.0. The van der Waals surface area contributed by atoms with Crippen molar-refractivity contribution in [3.63, 3.8) is 0 Å². The fourth-order valence-electron chi connectivity index (χ4n) is 0.819. The molecule has 0 atom stereocenters. The molecule has 1 aromatic carbocycles. The smallest absolute Gasteiger partial charge is 0.262 e. The molecule has 0 amide bonds. The second-order valence-electron chi connectivity index (χ2n) is 2.35. The number of hydrogen-bond acceptors (Lipinski definition) is 4. The van der Waals surface area contributed by atoms with Crippen molar-refractivity contribution < 1.29 is 13.5 Å². The molecule has 1 aromatic rings. The van der Waals surface area contributed by atoms with Gasteiger partial charge < -0.3 is 5.11 Å². The summed E-state index contributed by atoms with van der Waals surface area (Å²) in [7, 11) is 1.15. The Balaban J connectivity index is 3.54. The molecule has 0 fully saturated rings. The molecule has 14 heavy (non-hydrogen) atoms. The normalized spacial score (nSPS) is 10.9. The van der Waals surface area contributed by atoms with Gasteiger partial charge in [0, 0.05) is 21.2 Å². The molecule has 0 saturated carbocycles. The van der Waals surface area contributed by atoms with Crippen LogP contribution in [0.3, 0.4) is 0 Å². The lowest BCUT2D eigenvalue weighted by molar-refractivity contribution is 0.471. The van der Waals surface area contributed by atoms with E-state index in [4.69, 9.17) is 15.9 Å². The molecular formula is C7H3BrClNO3S. The van der Waals surface area contributed by atoms with Crippen molar-refractivity contribution in [2.75, 3.05) is 0 Å². The van der Waals surface area contributed by atoms with Gasteiger partial charge in [-0.15, -0.1) is 0 Å². The van der Waals surface area contributed by atoms with Gasteiger partial charge in [-0.3, -0.25) is 0 Å². The first-order valence-corrected chi connectivity index (χ1v) is 6.33. The molecule has 0 radical (unpaired) electrons. The molecule has 0 unspecified atom stereocenters. The summed E-state index contributed by atoms with van der Waals surface area (Å²) in [4.78, 5) is -0.268. The predicted octanol–water partition coefficient (Wildman–Crippen LogP) is 1.95. The maximum atomic E-state index is 10.9. The van der Waals surface area contributed by atoms with E-state index in [1.54, 1.807) is 6.07 Å². The molecule has 1 N–H and O–H groups in total. The van der Waals surface area contributed by atoms with Gasteiger partial charge >= 0.3 is 0 Å². The van der Waals surface area contributed by atoms with Crippen LogP contribution >= 0.6 is 26.6 Å². The fraction of sp³-hybridized carbons (Fsp3) is 0. The highest BCUT2D eigenvalue weighted by molar-refractivity contribution is 9.10. The number of hydrogen-bond donors (Lipinski definition) is 1. The third-order valence-corrected chi connectivity index (χ3v) is 3.71. The molecule has 4 nitrogen and oxygen atoms in total. The highest BCUT2D eigenvalue weighted by Gasteiger charge is 2.17. The van der Waals surface area contributed by atoms with Crippen molar-refractivity contribution >= 4 is 35.7 Å². The van der Waals surface area contributed by atoms with Crippen molar-refractivity contribution in [1.82, 2.24) is 0 Å². The fourth-order valence-corrected chi connectivity index (χ4v) is 3.01. The van der Waals surface area contributed by atoms with E-state index in [1.807, 2.05) is 0 Å². The van der Waals surface area contributed by atoms with E-state index in [2.05, 4.69) is 15.9 Å². The Kier molecular flexibility index (Phi) is 3.04. The van der Waals surface area contributed by atoms with Crippen LogP contribution in [0.5, 0.6) is 5.75 Å². The van der Waals surface area contributed by atoms with E-state index in [1.165, 1.54) is 6.07 Å². The maximum Gasteiger partial charge on any atom is 0.262 e. The summed E-state index contributed by atoms with van der Waals surface area (Å²) in [5, 5.41) is 17.7. The average Bonchev–Trinajstić information content (AvgIpc) is 2.06. The van der Waals surface area contributed by atoms with Gasteiger partial charge in [-0.25, -0.2) is 8.42 Å². The van der Waals surface area contributed by atoms with Crippen LogP contribution in [0.25, 0.3) is 0 Å². The second kappa shape index (κ2) is 3.77. The predicted molar refractivity (Wildman–Crippen MR) is 53.6 cm³/mol. The minimum Gasteiger partial charge on any atom is -0.507 e. The average molecular weight is 297 g/mol. The zero-order chi connectivity index (χ0) is 10.9. The van der Waals surface area contributed by atoms with Crippen LogP contribution < -0.4 is 0 Å². The Morgan fingerprint density at radius 1 is 1.50 bits per heavy atom. The Labute approximate surface area is 93.3 Å². The van der Waals surface area contributed by atoms with Crippen molar-refractivity contribution in [3.8, 4) is 11.8 Å². The minimum absolute atomic E-state index is 0.0269. The van der Waals surface area contributed by atoms with Crippen molar-refractivity contribution in [2.45, 2.75) is 4.90 Å². The summed E-state index contributed by atoms with van der Waals surface area (Å²) in [5.74, 6) is -0.421. The summed E-state index contributed by atoms with van der Waals surface area (Å²) in [6.45, 7) is 0. The van der Waals surface area contributed by atoms with Crippen molar-refractivity contribution in [2.24, 2.45) is 0 Å². The van der Waals surface area contributed by atoms with Crippen LogP contribution in [0, 0.1) is 11.3 Å². The first-order chi connectivity index (χ1) is 6.36. The van der Waals surface area contributed by atoms with E-state index in [0.717, 1.165) is 6.07 Å². The lowest BCUT2D eigenvalue weighted by atomic mass is 10.2. The van der Waals surface area contributed by atoms with E-state index < -0.39 is 14.8 Å². The van der Waals surface area contributed by atoms with Gasteiger partial charge in [0.15, 0.2) is 0 Å². The molecule has 0 aromatic heterocycles. The molecule has 74 valence electrons. The standard InChI is InChI=1S/C7H3BrClNO3S/c8-5-1-4(3-10)6(11)2-7(5)14(9,12)13/h1-2,11H. The SMILES string of the molecule is N#Cc1cc(Br)c(S(=O)(=O)Cl)cc1O. The zero-order valence-corrected chi connectivity index (χ0v) is 9.69. The van der Waals surface area contributed by atoms with Gasteiger partial charge in [0.25, 0.3) is 9.05 Å². The molecule has 0 aliphatic rings. The molecule has 0 spiro atoms. The highest BCUT2D eigenvalue weighted by atomic mass is 79.9. The summed E-state index contributed by atoms with van der Waals surface area (Å²) in [5.41, 5.74) is -0.0269. The van der Waals surface area contributed by atoms with Crippen LogP contribution in [-0.4, -0.2) is 13.5 Å². The van der Waals surface area contributed by atoms with Gasteiger partial charge in [-0.1, -0.05) is 0 Å². The second-order valence-corrected chi connectivity index (χ2v) is 5.74. The number of benzene rings is 1. The largest absolute Gasteiger partial charge is 0.507 e. The third kappa shape index (κ3) is 2.18. The number of rotatable bonds is 1. The van der Waals surface area contributed by atoms with Gasteiger partial charge in [0.05, 0.1) is 5.56 Å². The Hall–Kier alpha value is -0.770. The molecule has 0 aliphatic heterocycles. The quantitative estimate of drug-likeness (QED) is 0.804. The monoisotopic (exact) mass is 295 g/mol.